The van der Waals surface area contributed by atoms with Crippen molar-refractivity contribution in [3.8, 4) is 34.1 Å². The van der Waals surface area contributed by atoms with Crippen LogP contribution < -0.4 is 4.74 Å². The molecule has 0 spiro atoms. The molecular weight excluding hydrogens is 601 g/mol. The number of benzene rings is 4. The molecule has 7 aromatic rings. The zero-order valence-electron chi connectivity index (χ0n) is 30.4. The maximum atomic E-state index is 6.70. The summed E-state index contributed by atoms with van der Waals surface area (Å²) in [7, 11) is 0. The van der Waals surface area contributed by atoms with Gasteiger partial charge in [0.1, 0.15) is 17.3 Å². The third-order valence-electron chi connectivity index (χ3n) is 10.4. The predicted octanol–water partition coefficient (Wildman–Crippen LogP) is 11.8. The Hall–Kier alpha value is -5.16. The topological polar surface area (TPSA) is 44.9 Å². The third kappa shape index (κ3) is 5.71. The summed E-state index contributed by atoms with van der Waals surface area (Å²) >= 11 is 0. The Bertz CT molecular complexity index is 2350. The van der Waals surface area contributed by atoms with Gasteiger partial charge in [-0.25, -0.2) is 9.67 Å². The van der Waals surface area contributed by atoms with Gasteiger partial charge < -0.3 is 4.74 Å². The summed E-state index contributed by atoms with van der Waals surface area (Å²) in [4.78, 5) is 4.85. The van der Waals surface area contributed by atoms with Gasteiger partial charge in [0.2, 0.25) is 0 Å². The number of pyridine rings is 1. The molecule has 49 heavy (non-hydrogen) atoms. The van der Waals surface area contributed by atoms with Gasteiger partial charge in [0.15, 0.2) is 0 Å². The Morgan fingerprint density at radius 1 is 0.694 bits per heavy atom. The molecule has 3 heterocycles. The lowest BCUT2D eigenvalue weighted by Crippen LogP contribution is -2.12. The van der Waals surface area contributed by atoms with Gasteiger partial charge in [-0.15, -0.1) is 0 Å². The van der Waals surface area contributed by atoms with Crippen LogP contribution in [0, 0.1) is 34.6 Å². The molecule has 5 nitrogen and oxygen atoms in total. The van der Waals surface area contributed by atoms with Gasteiger partial charge in [-0.3, -0.25) is 4.57 Å². The van der Waals surface area contributed by atoms with E-state index in [2.05, 4.69) is 153 Å². The zero-order valence-corrected chi connectivity index (χ0v) is 30.4. The molecule has 0 aliphatic carbocycles. The highest BCUT2D eigenvalue weighted by molar-refractivity contribution is 6.09. The lowest BCUT2D eigenvalue weighted by molar-refractivity contribution is 0.481. The average molecular weight is 647 g/mol. The smallest absolute Gasteiger partial charge is 0.137 e. The second-order valence-corrected chi connectivity index (χ2v) is 14.9. The van der Waals surface area contributed by atoms with Crippen molar-refractivity contribution in [1.29, 1.82) is 0 Å². The molecule has 0 saturated carbocycles. The first kappa shape index (κ1) is 32.4. The van der Waals surface area contributed by atoms with Gasteiger partial charge in [0.05, 0.1) is 22.9 Å². The van der Waals surface area contributed by atoms with Gasteiger partial charge in [0, 0.05) is 40.9 Å². The van der Waals surface area contributed by atoms with Crippen LogP contribution in [0.1, 0.15) is 79.5 Å². The molecule has 3 aromatic heterocycles. The van der Waals surface area contributed by atoms with Crippen LogP contribution in [-0.4, -0.2) is 19.3 Å². The first-order valence-corrected chi connectivity index (χ1v) is 17.3. The van der Waals surface area contributed by atoms with Crippen molar-refractivity contribution >= 4 is 21.8 Å². The second-order valence-electron chi connectivity index (χ2n) is 14.9. The number of rotatable bonds is 6. The standard InChI is InChI=1S/C44H46N4O/c1-26(2)32-19-35(47-25-33(24-46-47)43-30(6)28(4)27(3)29(5)31(43)7)22-37(20-32)49-36-15-16-39-38-13-11-12-14-40(38)48(41(39)23-36)42-21-34(17-18-45-42)44(8,9)10/h11-26H,1-10H3. The summed E-state index contributed by atoms with van der Waals surface area (Å²) in [5.41, 5.74) is 14.7. The number of fused-ring (bicyclic) bond motifs is 3. The van der Waals surface area contributed by atoms with E-state index < -0.39 is 0 Å². The van der Waals surface area contributed by atoms with Crippen LogP contribution in [0.2, 0.25) is 0 Å². The Labute approximate surface area is 290 Å². The van der Waals surface area contributed by atoms with Crippen LogP contribution in [0.15, 0.2) is 91.4 Å². The molecule has 4 aromatic carbocycles. The van der Waals surface area contributed by atoms with Gasteiger partial charge in [0.25, 0.3) is 0 Å². The summed E-state index contributed by atoms with van der Waals surface area (Å²) in [6.07, 6.45) is 6.05. The number of hydrogen-bond donors (Lipinski definition) is 0. The highest BCUT2D eigenvalue weighted by Gasteiger charge is 2.19. The van der Waals surface area contributed by atoms with Gasteiger partial charge in [-0.05, 0) is 133 Å². The number of para-hydroxylation sites is 1. The Morgan fingerprint density at radius 2 is 1.39 bits per heavy atom. The molecule has 0 aliphatic heterocycles. The molecule has 0 unspecified atom stereocenters. The molecule has 5 heteroatoms. The molecule has 0 saturated heterocycles. The molecule has 0 atom stereocenters. The minimum atomic E-state index is 0.00881. The molecule has 0 radical (unpaired) electrons. The van der Waals surface area contributed by atoms with Crippen LogP contribution in [0.5, 0.6) is 11.5 Å². The quantitative estimate of drug-likeness (QED) is 0.181. The molecule has 0 amide bonds. The van der Waals surface area contributed by atoms with Crippen LogP contribution >= 0.6 is 0 Å². The summed E-state index contributed by atoms with van der Waals surface area (Å²) in [6.45, 7) is 22.2. The largest absolute Gasteiger partial charge is 0.457 e. The van der Waals surface area contributed by atoms with Crippen molar-refractivity contribution in [1.82, 2.24) is 19.3 Å². The lowest BCUT2D eigenvalue weighted by Gasteiger charge is -2.20. The second kappa shape index (κ2) is 12.1. The van der Waals surface area contributed by atoms with E-state index >= 15 is 0 Å². The highest BCUT2D eigenvalue weighted by atomic mass is 16.5. The normalized spacial score (nSPS) is 12.1. The Balaban J connectivity index is 1.31. The summed E-state index contributed by atoms with van der Waals surface area (Å²) in [5.74, 6) is 2.77. The van der Waals surface area contributed by atoms with Gasteiger partial charge >= 0.3 is 0 Å². The Morgan fingerprint density at radius 3 is 2.10 bits per heavy atom. The van der Waals surface area contributed by atoms with Crippen molar-refractivity contribution in [2.24, 2.45) is 0 Å². The van der Waals surface area contributed by atoms with Crippen molar-refractivity contribution in [3.63, 3.8) is 0 Å². The van der Waals surface area contributed by atoms with Gasteiger partial charge in [-0.1, -0.05) is 52.8 Å². The maximum Gasteiger partial charge on any atom is 0.137 e. The fourth-order valence-electron chi connectivity index (χ4n) is 7.06. The summed E-state index contributed by atoms with van der Waals surface area (Å²) in [5, 5.41) is 7.22. The van der Waals surface area contributed by atoms with Crippen LogP contribution in [-0.2, 0) is 5.41 Å². The van der Waals surface area contributed by atoms with E-state index in [9.17, 15) is 0 Å². The molecular formula is C44H46N4O. The number of ether oxygens (including phenoxy) is 1. The van der Waals surface area contributed by atoms with E-state index in [1.807, 2.05) is 17.1 Å². The third-order valence-corrected chi connectivity index (χ3v) is 10.4. The minimum absolute atomic E-state index is 0.00881. The molecule has 248 valence electrons. The van der Waals surface area contributed by atoms with E-state index in [0.29, 0.717) is 5.92 Å². The van der Waals surface area contributed by atoms with Crippen molar-refractivity contribution in [3.05, 3.63) is 130 Å². The minimum Gasteiger partial charge on any atom is -0.457 e. The molecule has 0 aliphatic rings. The number of aromatic nitrogens is 4. The number of hydrogen-bond acceptors (Lipinski definition) is 3. The average Bonchev–Trinajstić information content (AvgIpc) is 3.69. The van der Waals surface area contributed by atoms with E-state index in [0.717, 1.165) is 39.6 Å². The zero-order chi connectivity index (χ0) is 34.8. The Kier molecular flexibility index (Phi) is 7.98. The van der Waals surface area contributed by atoms with Crippen LogP contribution in [0.25, 0.3) is 44.4 Å². The molecule has 0 fully saturated rings. The first-order valence-electron chi connectivity index (χ1n) is 17.3. The van der Waals surface area contributed by atoms with Crippen LogP contribution in [0.4, 0.5) is 0 Å². The molecule has 7 rings (SSSR count). The monoisotopic (exact) mass is 646 g/mol. The van der Waals surface area contributed by atoms with E-state index in [-0.39, 0.29) is 5.41 Å². The van der Waals surface area contributed by atoms with Crippen molar-refractivity contribution in [2.75, 3.05) is 0 Å². The summed E-state index contributed by atoms with van der Waals surface area (Å²) < 4.78 is 10.9. The first-order chi connectivity index (χ1) is 23.3. The van der Waals surface area contributed by atoms with Crippen molar-refractivity contribution < 1.29 is 4.74 Å². The molecule has 0 bridgehead atoms. The van der Waals surface area contributed by atoms with E-state index in [4.69, 9.17) is 14.8 Å². The van der Waals surface area contributed by atoms with Crippen LogP contribution in [0.3, 0.4) is 0 Å². The SMILES string of the molecule is Cc1c(C)c(C)c(-c2cnn(-c3cc(Oc4ccc5c6ccccc6n(-c6cc(C(C)(C)C)ccn6)c5c4)cc(C(C)C)c3)c2)c(C)c1C. The fraction of sp³-hybridized carbons (Fsp3) is 0.273. The van der Waals surface area contributed by atoms with Gasteiger partial charge in [-0.2, -0.15) is 5.10 Å². The molecule has 0 N–H and O–H groups in total. The lowest BCUT2D eigenvalue weighted by atomic mass is 9.87. The maximum absolute atomic E-state index is 6.70. The fourth-order valence-corrected chi connectivity index (χ4v) is 7.06. The highest BCUT2D eigenvalue weighted by Crippen LogP contribution is 2.38. The van der Waals surface area contributed by atoms with E-state index in [1.165, 1.54) is 55.3 Å². The van der Waals surface area contributed by atoms with Crippen molar-refractivity contribution in [2.45, 2.75) is 80.6 Å². The summed E-state index contributed by atoms with van der Waals surface area (Å²) in [6, 6.07) is 25.7. The van der Waals surface area contributed by atoms with E-state index in [1.54, 1.807) is 0 Å². The predicted molar refractivity (Wildman–Crippen MR) is 204 cm³/mol. The number of nitrogens with zero attached hydrogens (tertiary/aromatic N) is 4.